The van der Waals surface area contributed by atoms with Crippen LogP contribution in [0.3, 0.4) is 0 Å². The zero-order chi connectivity index (χ0) is 14.8. The van der Waals surface area contributed by atoms with Crippen LogP contribution in [0.2, 0.25) is 0 Å². The van der Waals surface area contributed by atoms with Crippen LogP contribution < -0.4 is 9.80 Å². The van der Waals surface area contributed by atoms with E-state index in [9.17, 15) is 4.79 Å². The second kappa shape index (κ2) is 5.52. The highest BCUT2D eigenvalue weighted by atomic mass is 16.2. The highest BCUT2D eigenvalue weighted by Gasteiger charge is 2.24. The van der Waals surface area contributed by atoms with Crippen molar-refractivity contribution in [1.82, 2.24) is 9.97 Å². The van der Waals surface area contributed by atoms with Crippen LogP contribution >= 0.6 is 0 Å². The third kappa shape index (κ3) is 2.59. The van der Waals surface area contributed by atoms with Crippen LogP contribution in [0.25, 0.3) is 0 Å². The number of aromatic nitrogens is 2. The molecule has 5 heteroatoms. The predicted molar refractivity (Wildman–Crippen MR) is 82.8 cm³/mol. The summed E-state index contributed by atoms with van der Waals surface area (Å²) in [6.07, 6.45) is 5.29. The number of carbonyl (C=O) groups is 1. The molecule has 21 heavy (non-hydrogen) atoms. The summed E-state index contributed by atoms with van der Waals surface area (Å²) in [7, 11) is 3.85. The van der Waals surface area contributed by atoms with E-state index in [0.717, 1.165) is 36.6 Å². The van der Waals surface area contributed by atoms with Crippen LogP contribution in [0.1, 0.15) is 22.5 Å². The van der Waals surface area contributed by atoms with Crippen LogP contribution in [0, 0.1) is 0 Å². The van der Waals surface area contributed by atoms with Gasteiger partial charge in [-0.1, -0.05) is 0 Å². The highest BCUT2D eigenvalue weighted by Crippen LogP contribution is 2.26. The topological polar surface area (TPSA) is 49.3 Å². The fourth-order valence-electron chi connectivity index (χ4n) is 2.54. The van der Waals surface area contributed by atoms with Gasteiger partial charge in [-0.3, -0.25) is 9.78 Å². The molecule has 3 heterocycles. The molecule has 0 spiro atoms. The van der Waals surface area contributed by atoms with E-state index in [1.165, 1.54) is 0 Å². The van der Waals surface area contributed by atoms with Crippen LogP contribution in [0.5, 0.6) is 0 Å². The first-order valence-corrected chi connectivity index (χ1v) is 7.06. The van der Waals surface area contributed by atoms with E-state index in [4.69, 9.17) is 0 Å². The van der Waals surface area contributed by atoms with Gasteiger partial charge in [0.25, 0.3) is 5.91 Å². The Bertz CT molecular complexity index is 652. The molecule has 3 rings (SSSR count). The minimum Gasteiger partial charge on any atom is -0.363 e. The molecule has 108 valence electrons. The second-order valence-electron chi connectivity index (χ2n) is 5.33. The van der Waals surface area contributed by atoms with Crippen molar-refractivity contribution in [2.24, 2.45) is 0 Å². The zero-order valence-corrected chi connectivity index (χ0v) is 12.3. The number of anilines is 2. The first-order valence-electron chi connectivity index (χ1n) is 7.06. The van der Waals surface area contributed by atoms with Gasteiger partial charge in [0.2, 0.25) is 0 Å². The normalized spacial score (nSPS) is 13.7. The Labute approximate surface area is 124 Å². The van der Waals surface area contributed by atoms with E-state index in [1.807, 2.05) is 43.3 Å². The van der Waals surface area contributed by atoms with Gasteiger partial charge in [0.15, 0.2) is 0 Å². The number of pyridine rings is 2. The van der Waals surface area contributed by atoms with Gasteiger partial charge in [-0.25, -0.2) is 4.98 Å². The molecule has 1 aliphatic rings. The zero-order valence-electron chi connectivity index (χ0n) is 12.3. The molecule has 0 saturated heterocycles. The fourth-order valence-corrected chi connectivity index (χ4v) is 2.54. The smallest absolute Gasteiger partial charge is 0.259 e. The largest absolute Gasteiger partial charge is 0.363 e. The monoisotopic (exact) mass is 282 g/mol. The molecule has 0 aliphatic carbocycles. The molecule has 0 unspecified atom stereocenters. The van der Waals surface area contributed by atoms with Gasteiger partial charge < -0.3 is 9.80 Å². The maximum absolute atomic E-state index is 12.7. The van der Waals surface area contributed by atoms with Crippen molar-refractivity contribution in [3.05, 3.63) is 47.9 Å². The number of nitrogens with zero attached hydrogens (tertiary/aromatic N) is 4. The predicted octanol–water partition coefficient (Wildman–Crippen LogP) is 2.14. The molecule has 0 atom stereocenters. The second-order valence-corrected chi connectivity index (χ2v) is 5.33. The lowest BCUT2D eigenvalue weighted by Gasteiger charge is -2.28. The van der Waals surface area contributed by atoms with Crippen LogP contribution in [0.15, 0.2) is 36.7 Å². The third-order valence-corrected chi connectivity index (χ3v) is 3.65. The number of carbonyl (C=O) groups excluding carboxylic acids is 1. The van der Waals surface area contributed by atoms with Crippen molar-refractivity contribution in [2.75, 3.05) is 30.4 Å². The van der Waals surface area contributed by atoms with Gasteiger partial charge in [0.1, 0.15) is 5.82 Å². The molecular formula is C16H18N4O. The Hall–Kier alpha value is -2.43. The molecular weight excluding hydrogens is 264 g/mol. The number of amides is 1. The average molecular weight is 282 g/mol. The highest BCUT2D eigenvalue weighted by molar-refractivity contribution is 6.06. The van der Waals surface area contributed by atoms with Crippen molar-refractivity contribution < 1.29 is 4.79 Å². The van der Waals surface area contributed by atoms with E-state index in [1.54, 1.807) is 17.3 Å². The van der Waals surface area contributed by atoms with Crippen molar-refractivity contribution in [3.63, 3.8) is 0 Å². The van der Waals surface area contributed by atoms with E-state index in [-0.39, 0.29) is 5.91 Å². The summed E-state index contributed by atoms with van der Waals surface area (Å²) in [4.78, 5) is 25.1. The van der Waals surface area contributed by atoms with Gasteiger partial charge in [0.05, 0.1) is 16.9 Å². The number of hydrogen-bond donors (Lipinski definition) is 0. The standard InChI is InChI=1S/C16H18N4O/c1-19(2)15-8-7-12(11-18-15)16(21)20-10-4-5-13-14(20)6-3-9-17-13/h3,6-9,11H,4-5,10H2,1-2H3. The molecule has 1 amide bonds. The molecule has 2 aromatic rings. The first kappa shape index (κ1) is 13.5. The van der Waals surface area contributed by atoms with Gasteiger partial charge in [0, 0.05) is 33.0 Å². The number of rotatable bonds is 2. The fraction of sp³-hybridized carbons (Fsp3) is 0.312. The lowest BCUT2D eigenvalue weighted by molar-refractivity contribution is 0.0984. The van der Waals surface area contributed by atoms with E-state index in [0.29, 0.717) is 5.56 Å². The van der Waals surface area contributed by atoms with Crippen LogP contribution in [-0.2, 0) is 6.42 Å². The Balaban J connectivity index is 1.89. The molecule has 5 nitrogen and oxygen atoms in total. The third-order valence-electron chi connectivity index (χ3n) is 3.65. The van der Waals surface area contributed by atoms with E-state index >= 15 is 0 Å². The number of aryl methyl sites for hydroxylation is 1. The Morgan fingerprint density at radius 1 is 1.24 bits per heavy atom. The van der Waals surface area contributed by atoms with Crippen molar-refractivity contribution in [2.45, 2.75) is 12.8 Å². The molecule has 0 radical (unpaired) electrons. The van der Waals surface area contributed by atoms with Crippen LogP contribution in [-0.4, -0.2) is 36.5 Å². The Morgan fingerprint density at radius 3 is 2.81 bits per heavy atom. The van der Waals surface area contributed by atoms with Gasteiger partial charge >= 0.3 is 0 Å². The summed E-state index contributed by atoms with van der Waals surface area (Å²) in [5.74, 6) is 0.828. The summed E-state index contributed by atoms with van der Waals surface area (Å²) in [6.45, 7) is 0.729. The van der Waals surface area contributed by atoms with Gasteiger partial charge in [-0.05, 0) is 37.1 Å². The van der Waals surface area contributed by atoms with Crippen molar-refractivity contribution in [1.29, 1.82) is 0 Å². The van der Waals surface area contributed by atoms with Crippen molar-refractivity contribution >= 4 is 17.4 Å². The number of hydrogen-bond acceptors (Lipinski definition) is 4. The molecule has 0 bridgehead atoms. The van der Waals surface area contributed by atoms with E-state index < -0.39 is 0 Å². The summed E-state index contributed by atoms with van der Waals surface area (Å²) < 4.78 is 0. The first-order chi connectivity index (χ1) is 10.2. The molecule has 1 aliphatic heterocycles. The average Bonchev–Trinajstić information content (AvgIpc) is 2.53. The minimum absolute atomic E-state index is 0.0123. The summed E-state index contributed by atoms with van der Waals surface area (Å²) >= 11 is 0. The lowest BCUT2D eigenvalue weighted by Crippen LogP contribution is -2.35. The molecule has 0 saturated carbocycles. The Morgan fingerprint density at radius 2 is 2.10 bits per heavy atom. The van der Waals surface area contributed by atoms with Gasteiger partial charge in [-0.2, -0.15) is 0 Å². The maximum Gasteiger partial charge on any atom is 0.259 e. The minimum atomic E-state index is -0.0123. The van der Waals surface area contributed by atoms with Crippen LogP contribution in [0.4, 0.5) is 11.5 Å². The summed E-state index contributed by atoms with van der Waals surface area (Å²) in [6, 6.07) is 7.52. The molecule has 0 fully saturated rings. The van der Waals surface area contributed by atoms with Crippen molar-refractivity contribution in [3.8, 4) is 0 Å². The van der Waals surface area contributed by atoms with Gasteiger partial charge in [-0.15, -0.1) is 0 Å². The molecule has 2 aromatic heterocycles. The van der Waals surface area contributed by atoms with E-state index in [2.05, 4.69) is 9.97 Å². The maximum atomic E-state index is 12.7. The molecule has 0 aromatic carbocycles. The summed E-state index contributed by atoms with van der Waals surface area (Å²) in [5.41, 5.74) is 2.53. The SMILES string of the molecule is CN(C)c1ccc(C(=O)N2CCCc3ncccc32)cn1. The Kier molecular flexibility index (Phi) is 3.56. The summed E-state index contributed by atoms with van der Waals surface area (Å²) in [5, 5.41) is 0. The lowest BCUT2D eigenvalue weighted by atomic mass is 10.1. The number of fused-ring (bicyclic) bond motifs is 1. The quantitative estimate of drug-likeness (QED) is 0.846. The molecule has 0 N–H and O–H groups in total.